The zero-order chi connectivity index (χ0) is 29.2. The second-order valence-corrected chi connectivity index (χ2v) is 10.1. The Morgan fingerprint density at radius 1 is 1.10 bits per heavy atom. The van der Waals surface area contributed by atoms with Gasteiger partial charge in [0.1, 0.15) is 12.4 Å². The summed E-state index contributed by atoms with van der Waals surface area (Å²) < 4.78 is 52.9. The summed E-state index contributed by atoms with van der Waals surface area (Å²) in [5.41, 5.74) is -0.328. The van der Waals surface area contributed by atoms with E-state index >= 15 is 0 Å². The van der Waals surface area contributed by atoms with Gasteiger partial charge in [-0.3, -0.25) is 14.4 Å². The molecular formula is C27H30F4N4O5. The smallest absolute Gasteiger partial charge is 0.336 e. The van der Waals surface area contributed by atoms with Crippen molar-refractivity contribution in [3.05, 3.63) is 62.3 Å². The molecule has 0 radical (unpaired) electrons. The molecule has 2 aromatic rings. The third-order valence-corrected chi connectivity index (χ3v) is 7.48. The lowest BCUT2D eigenvalue weighted by Gasteiger charge is -2.40. The lowest BCUT2D eigenvalue weighted by molar-refractivity contribution is -0.202. The molecule has 0 atom stereocenters. The molecule has 9 nitrogen and oxygen atoms in total. The van der Waals surface area contributed by atoms with Gasteiger partial charge >= 0.3 is 17.7 Å². The molecule has 0 spiro atoms. The summed E-state index contributed by atoms with van der Waals surface area (Å²) in [7, 11) is 0. The number of rotatable bonds is 6. The van der Waals surface area contributed by atoms with Crippen molar-refractivity contribution in [1.82, 2.24) is 19.7 Å². The van der Waals surface area contributed by atoms with E-state index in [2.05, 4.69) is 9.94 Å². The third kappa shape index (κ3) is 6.18. The zero-order valence-electron chi connectivity index (χ0n) is 22.2. The summed E-state index contributed by atoms with van der Waals surface area (Å²) >= 11 is 0. The van der Waals surface area contributed by atoms with Crippen LogP contribution in [0.3, 0.4) is 0 Å². The van der Waals surface area contributed by atoms with Gasteiger partial charge in [0.25, 0.3) is 5.91 Å². The maximum atomic E-state index is 14.8. The highest BCUT2D eigenvalue weighted by Crippen LogP contribution is 2.25. The Bertz CT molecular complexity index is 1370. The molecule has 0 N–H and O–H groups in total. The fourth-order valence-corrected chi connectivity index (χ4v) is 5.31. The number of carbonyl (C=O) groups is 3. The first-order valence-electron chi connectivity index (χ1n) is 13.2. The molecule has 0 bridgehead atoms. The number of benzene rings is 1. The average Bonchev–Trinajstić information content (AvgIpc) is 2.92. The van der Waals surface area contributed by atoms with Crippen LogP contribution >= 0.6 is 0 Å². The highest BCUT2D eigenvalue weighted by Gasteiger charge is 2.42. The van der Waals surface area contributed by atoms with E-state index in [4.69, 9.17) is 0 Å². The van der Waals surface area contributed by atoms with Gasteiger partial charge in [-0.25, -0.2) is 9.18 Å². The van der Waals surface area contributed by atoms with Gasteiger partial charge in [-0.2, -0.15) is 13.2 Å². The van der Waals surface area contributed by atoms with Gasteiger partial charge in [0.2, 0.25) is 5.91 Å². The van der Waals surface area contributed by atoms with Crippen molar-refractivity contribution < 1.29 is 36.8 Å². The number of nitrogens with zero attached hydrogens (tertiary/aromatic N) is 4. The number of amides is 2. The first kappa shape index (κ1) is 29.2. The molecule has 1 aromatic heterocycles. The Morgan fingerprint density at radius 3 is 2.42 bits per heavy atom. The molecule has 216 valence electrons. The van der Waals surface area contributed by atoms with E-state index in [9.17, 15) is 36.7 Å². The predicted octanol–water partition coefficient (Wildman–Crippen LogP) is 2.98. The highest BCUT2D eigenvalue weighted by molar-refractivity contribution is 5.97. The number of hydrogen-bond donors (Lipinski definition) is 0. The molecule has 13 heteroatoms. The summed E-state index contributed by atoms with van der Waals surface area (Å²) in [4.78, 5) is 57.2. The molecular weight excluding hydrogens is 536 g/mol. The van der Waals surface area contributed by atoms with E-state index in [1.54, 1.807) is 13.8 Å². The topological polar surface area (TPSA) is 102 Å². The van der Waals surface area contributed by atoms with E-state index in [1.165, 1.54) is 17.0 Å². The van der Waals surface area contributed by atoms with Crippen LogP contribution in [0.25, 0.3) is 0 Å². The Morgan fingerprint density at radius 2 is 1.80 bits per heavy atom. The SMILES string of the molecule is CCc1c(C)c(Cc2ccc(F)c(C(=O)N3CCN(C4CCCCC4)C(=O)C3)c2)nn(OC(=O)C(F)(F)F)c1=O. The van der Waals surface area contributed by atoms with Crippen molar-refractivity contribution >= 4 is 17.8 Å². The molecule has 1 aliphatic heterocycles. The average molecular weight is 567 g/mol. The van der Waals surface area contributed by atoms with Crippen molar-refractivity contribution in [2.45, 2.75) is 71.0 Å². The van der Waals surface area contributed by atoms with Crippen LogP contribution < -0.4 is 10.4 Å². The van der Waals surface area contributed by atoms with Crippen molar-refractivity contribution in [1.29, 1.82) is 0 Å². The van der Waals surface area contributed by atoms with Gasteiger partial charge in [0, 0.05) is 31.1 Å². The number of piperazine rings is 1. The molecule has 2 heterocycles. The molecule has 1 saturated carbocycles. The van der Waals surface area contributed by atoms with Crippen LogP contribution in [-0.4, -0.2) is 69.4 Å². The Hall–Kier alpha value is -3.77. The molecule has 2 amide bonds. The second-order valence-electron chi connectivity index (χ2n) is 10.1. The van der Waals surface area contributed by atoms with Crippen LogP contribution in [0.5, 0.6) is 0 Å². The van der Waals surface area contributed by atoms with Crippen molar-refractivity contribution in [2.75, 3.05) is 19.6 Å². The summed E-state index contributed by atoms with van der Waals surface area (Å²) in [6.07, 6.45) is -0.174. The Balaban J connectivity index is 1.55. The van der Waals surface area contributed by atoms with Crippen LogP contribution in [0, 0.1) is 12.7 Å². The van der Waals surface area contributed by atoms with Crippen LogP contribution in [0.2, 0.25) is 0 Å². The predicted molar refractivity (Wildman–Crippen MR) is 134 cm³/mol. The van der Waals surface area contributed by atoms with Crippen LogP contribution in [0.15, 0.2) is 23.0 Å². The van der Waals surface area contributed by atoms with Crippen LogP contribution in [-0.2, 0) is 22.4 Å². The summed E-state index contributed by atoms with van der Waals surface area (Å²) in [5.74, 6) is -4.23. The standard InChI is InChI=1S/C27H30F4N4O5/c1-3-19-16(2)22(32-35(25(19)38)40-26(39)27(29,30)31)14-17-9-10-21(28)20(13-17)24(37)33-11-12-34(23(36)15-33)18-7-5-4-6-8-18/h9-10,13,18H,3-8,11-12,14-15H2,1-2H3. The fraction of sp³-hybridized carbons (Fsp3) is 0.519. The van der Waals surface area contributed by atoms with E-state index in [1.807, 2.05) is 4.90 Å². The van der Waals surface area contributed by atoms with Gasteiger partial charge in [0.15, 0.2) is 0 Å². The molecule has 2 aliphatic rings. The fourth-order valence-electron chi connectivity index (χ4n) is 5.31. The van der Waals surface area contributed by atoms with Crippen molar-refractivity contribution in [2.24, 2.45) is 0 Å². The van der Waals surface area contributed by atoms with Crippen LogP contribution in [0.4, 0.5) is 17.6 Å². The monoisotopic (exact) mass is 566 g/mol. The second kappa shape index (κ2) is 11.8. The maximum Gasteiger partial charge on any atom is 0.493 e. The summed E-state index contributed by atoms with van der Waals surface area (Å²) in [6.45, 7) is 3.63. The van der Waals surface area contributed by atoms with Gasteiger partial charge < -0.3 is 14.6 Å². The number of hydrogen-bond acceptors (Lipinski definition) is 6. The first-order chi connectivity index (χ1) is 18.9. The molecule has 4 rings (SSSR count). The Labute approximate surface area is 227 Å². The minimum Gasteiger partial charge on any atom is -0.336 e. The molecule has 40 heavy (non-hydrogen) atoms. The number of halogens is 4. The van der Waals surface area contributed by atoms with Crippen molar-refractivity contribution in [3.63, 3.8) is 0 Å². The lowest BCUT2D eigenvalue weighted by Crippen LogP contribution is -2.55. The quantitative estimate of drug-likeness (QED) is 0.499. The largest absolute Gasteiger partial charge is 0.493 e. The van der Waals surface area contributed by atoms with E-state index in [0.717, 1.165) is 38.2 Å². The Kier molecular flexibility index (Phi) is 8.59. The number of alkyl halides is 3. The van der Waals surface area contributed by atoms with E-state index < -0.39 is 29.4 Å². The number of carbonyl (C=O) groups excluding carboxylic acids is 3. The lowest BCUT2D eigenvalue weighted by atomic mass is 9.93. The number of aromatic nitrogens is 2. The van der Waals surface area contributed by atoms with E-state index in [0.29, 0.717) is 17.7 Å². The van der Waals surface area contributed by atoms with Gasteiger partial charge in [-0.1, -0.05) is 32.3 Å². The van der Waals surface area contributed by atoms with Gasteiger partial charge in [-0.15, -0.1) is 5.10 Å². The highest BCUT2D eigenvalue weighted by atomic mass is 19.4. The first-order valence-corrected chi connectivity index (χ1v) is 13.2. The summed E-state index contributed by atoms with van der Waals surface area (Å²) in [6, 6.07) is 3.92. The van der Waals surface area contributed by atoms with Gasteiger partial charge in [-0.05, 0) is 54.3 Å². The minimum absolute atomic E-state index is 0.00396. The molecule has 0 unspecified atom stereocenters. The maximum absolute atomic E-state index is 14.8. The minimum atomic E-state index is -5.34. The normalized spacial score (nSPS) is 16.8. The van der Waals surface area contributed by atoms with Crippen LogP contribution in [0.1, 0.15) is 71.8 Å². The molecule has 1 aromatic carbocycles. The summed E-state index contributed by atoms with van der Waals surface area (Å²) in [5, 5.41) is 3.80. The molecule has 1 aliphatic carbocycles. The molecule has 1 saturated heterocycles. The van der Waals surface area contributed by atoms with Gasteiger partial charge in [0.05, 0.1) is 11.3 Å². The third-order valence-electron chi connectivity index (χ3n) is 7.48. The van der Waals surface area contributed by atoms with Crippen molar-refractivity contribution in [3.8, 4) is 0 Å². The van der Waals surface area contributed by atoms with E-state index in [-0.39, 0.29) is 59.5 Å². The molecule has 2 fully saturated rings. The zero-order valence-corrected chi connectivity index (χ0v) is 22.2.